The second-order valence-electron chi connectivity index (χ2n) is 6.64. The van der Waals surface area contributed by atoms with Crippen LogP contribution in [0.5, 0.6) is 11.5 Å². The van der Waals surface area contributed by atoms with Gasteiger partial charge in [0, 0.05) is 5.71 Å². The molecule has 1 aliphatic carbocycles. The van der Waals surface area contributed by atoms with Crippen LogP contribution in [0.15, 0.2) is 29.4 Å². The van der Waals surface area contributed by atoms with Crippen LogP contribution in [0.3, 0.4) is 0 Å². The fraction of sp³-hybridized carbons (Fsp3) is 0.556. The molecule has 1 aliphatic heterocycles. The minimum atomic E-state index is -5.02. The van der Waals surface area contributed by atoms with E-state index in [-0.39, 0.29) is 17.1 Å². The van der Waals surface area contributed by atoms with Crippen LogP contribution in [0.25, 0.3) is 0 Å². The van der Waals surface area contributed by atoms with Crippen molar-refractivity contribution >= 4 is 11.6 Å². The Balaban J connectivity index is 1.78. The molecule has 0 saturated heterocycles. The maximum Gasteiger partial charge on any atom is 0.439 e. The van der Waals surface area contributed by atoms with Crippen LogP contribution in [0.4, 0.5) is 13.2 Å². The van der Waals surface area contributed by atoms with Crippen LogP contribution >= 0.6 is 0 Å². The zero-order chi connectivity index (χ0) is 19.7. The minimum absolute atomic E-state index is 0.137. The number of hydrogen-bond donors (Lipinski definition) is 1. The average Bonchev–Trinajstić information content (AvgIpc) is 2.79. The zero-order valence-corrected chi connectivity index (χ0v) is 14.8. The van der Waals surface area contributed by atoms with Gasteiger partial charge in [-0.25, -0.2) is 0 Å². The Morgan fingerprint density at radius 2 is 1.93 bits per heavy atom. The first-order valence-electron chi connectivity index (χ1n) is 8.73. The smallest absolute Gasteiger partial charge is 0.439 e. The van der Waals surface area contributed by atoms with E-state index in [0.29, 0.717) is 30.8 Å². The van der Waals surface area contributed by atoms with E-state index in [1.54, 1.807) is 12.1 Å². The number of aliphatic hydroxyl groups is 1. The van der Waals surface area contributed by atoms with E-state index in [0.717, 1.165) is 6.42 Å². The Hall–Kier alpha value is -2.29. The molecule has 1 amide bonds. The molecule has 2 atom stereocenters. The number of carbonyl (C=O) groups is 1. The van der Waals surface area contributed by atoms with Crippen molar-refractivity contribution in [2.24, 2.45) is 11.0 Å². The van der Waals surface area contributed by atoms with Crippen LogP contribution in [0, 0.1) is 5.92 Å². The first-order chi connectivity index (χ1) is 12.8. The highest BCUT2D eigenvalue weighted by atomic mass is 19.4. The molecule has 0 radical (unpaired) electrons. The van der Waals surface area contributed by atoms with Gasteiger partial charge in [-0.1, -0.05) is 12.8 Å². The van der Waals surface area contributed by atoms with E-state index in [9.17, 15) is 23.1 Å². The van der Waals surface area contributed by atoms with Crippen molar-refractivity contribution in [1.29, 1.82) is 0 Å². The van der Waals surface area contributed by atoms with Gasteiger partial charge in [0.25, 0.3) is 11.6 Å². The van der Waals surface area contributed by atoms with Gasteiger partial charge in [0.15, 0.2) is 6.61 Å². The third-order valence-electron chi connectivity index (χ3n) is 4.94. The summed E-state index contributed by atoms with van der Waals surface area (Å²) in [7, 11) is 1.49. The molecule has 9 heteroatoms. The average molecular weight is 386 g/mol. The lowest BCUT2D eigenvalue weighted by atomic mass is 9.87. The minimum Gasteiger partial charge on any atom is -0.497 e. The highest BCUT2D eigenvalue weighted by Gasteiger charge is 2.68. The lowest BCUT2D eigenvalue weighted by Gasteiger charge is -2.37. The molecule has 1 heterocycles. The quantitative estimate of drug-likeness (QED) is 0.863. The monoisotopic (exact) mass is 386 g/mol. The number of benzene rings is 1. The van der Waals surface area contributed by atoms with Crippen molar-refractivity contribution < 1.29 is 32.5 Å². The molecular formula is C18H21F3N2O4. The topological polar surface area (TPSA) is 71.4 Å². The number of alkyl halides is 3. The maximum atomic E-state index is 13.7. The molecule has 1 N–H and O–H groups in total. The Labute approximate surface area is 154 Å². The molecule has 1 fully saturated rings. The van der Waals surface area contributed by atoms with Gasteiger partial charge in [-0.3, -0.25) is 4.79 Å². The van der Waals surface area contributed by atoms with E-state index in [1.165, 1.54) is 19.2 Å². The summed E-state index contributed by atoms with van der Waals surface area (Å²) >= 11 is 0. The molecule has 0 bridgehead atoms. The second-order valence-corrected chi connectivity index (χ2v) is 6.64. The molecule has 1 aromatic rings. The Kier molecular flexibility index (Phi) is 5.32. The molecule has 1 aromatic carbocycles. The van der Waals surface area contributed by atoms with Crippen molar-refractivity contribution in [3.05, 3.63) is 24.3 Å². The molecule has 1 saturated carbocycles. The number of methoxy groups -OCH3 is 1. The summed E-state index contributed by atoms with van der Waals surface area (Å²) in [5.74, 6) is -1.41. The predicted octanol–water partition coefficient (Wildman–Crippen LogP) is 3.10. The normalized spacial score (nSPS) is 25.4. The van der Waals surface area contributed by atoms with Gasteiger partial charge in [-0.15, -0.1) is 0 Å². The van der Waals surface area contributed by atoms with E-state index in [1.807, 2.05) is 0 Å². The highest BCUT2D eigenvalue weighted by molar-refractivity contribution is 5.93. The fourth-order valence-electron chi connectivity index (χ4n) is 3.52. The Bertz CT molecular complexity index is 720. The third-order valence-corrected chi connectivity index (χ3v) is 4.94. The number of ether oxygens (including phenoxy) is 2. The lowest BCUT2D eigenvalue weighted by Crippen LogP contribution is -2.61. The molecule has 0 unspecified atom stereocenters. The van der Waals surface area contributed by atoms with Gasteiger partial charge in [0.1, 0.15) is 11.5 Å². The zero-order valence-electron chi connectivity index (χ0n) is 14.8. The number of fused-ring (bicyclic) bond motifs is 1. The van der Waals surface area contributed by atoms with Crippen LogP contribution in [-0.4, -0.2) is 47.4 Å². The maximum absolute atomic E-state index is 13.7. The van der Waals surface area contributed by atoms with Crippen molar-refractivity contribution in [2.45, 2.75) is 44.0 Å². The van der Waals surface area contributed by atoms with Crippen LogP contribution in [-0.2, 0) is 4.79 Å². The number of carbonyl (C=O) groups excluding carboxylic acids is 1. The number of amides is 1. The first kappa shape index (κ1) is 19.5. The van der Waals surface area contributed by atoms with Crippen molar-refractivity contribution in [2.75, 3.05) is 13.7 Å². The molecule has 27 heavy (non-hydrogen) atoms. The number of hydrogen-bond acceptors (Lipinski definition) is 5. The van der Waals surface area contributed by atoms with Gasteiger partial charge in [-0.2, -0.15) is 23.3 Å². The Morgan fingerprint density at radius 1 is 1.26 bits per heavy atom. The van der Waals surface area contributed by atoms with Crippen molar-refractivity contribution in [1.82, 2.24) is 5.01 Å². The SMILES string of the molecule is COc1ccc(OCC(=O)N2N=C3CCCCC[C@@H]3[C@@]2(O)C(F)(F)F)cc1. The summed E-state index contributed by atoms with van der Waals surface area (Å²) in [6, 6.07) is 6.25. The standard InChI is InChI=1S/C18H21F3N2O4/c1-26-12-7-9-13(10-8-12)27-11-16(24)23-17(25,18(19,20)21)14-5-3-2-4-6-15(14)22-23/h7-10,14,25H,2-6,11H2,1H3/t14-,17+/m0/s1. The summed E-state index contributed by atoms with van der Waals surface area (Å²) in [5, 5.41) is 14.6. The summed E-state index contributed by atoms with van der Waals surface area (Å²) in [4.78, 5) is 12.4. The fourth-order valence-corrected chi connectivity index (χ4v) is 3.52. The van der Waals surface area contributed by atoms with Gasteiger partial charge < -0.3 is 14.6 Å². The third kappa shape index (κ3) is 3.60. The molecular weight excluding hydrogens is 365 g/mol. The predicted molar refractivity (Wildman–Crippen MR) is 90.3 cm³/mol. The van der Waals surface area contributed by atoms with Crippen molar-refractivity contribution in [3.8, 4) is 11.5 Å². The summed E-state index contributed by atoms with van der Waals surface area (Å²) in [5.41, 5.74) is -3.10. The van der Waals surface area contributed by atoms with Crippen LogP contribution in [0.1, 0.15) is 32.1 Å². The van der Waals surface area contributed by atoms with Crippen LogP contribution < -0.4 is 9.47 Å². The number of hydrazone groups is 1. The van der Waals surface area contributed by atoms with Gasteiger partial charge >= 0.3 is 6.18 Å². The van der Waals surface area contributed by atoms with Crippen molar-refractivity contribution in [3.63, 3.8) is 0 Å². The summed E-state index contributed by atoms with van der Waals surface area (Å²) in [6.45, 7) is -0.672. The molecule has 0 spiro atoms. The van der Waals surface area contributed by atoms with Gasteiger partial charge in [0.2, 0.25) is 0 Å². The second kappa shape index (κ2) is 7.38. The van der Waals surface area contributed by atoms with Gasteiger partial charge in [-0.05, 0) is 43.5 Å². The van der Waals surface area contributed by atoms with Gasteiger partial charge in [0.05, 0.1) is 13.0 Å². The van der Waals surface area contributed by atoms with E-state index in [4.69, 9.17) is 9.47 Å². The molecule has 148 valence electrons. The lowest BCUT2D eigenvalue weighted by molar-refractivity contribution is -0.317. The number of rotatable bonds is 4. The summed E-state index contributed by atoms with van der Waals surface area (Å²) < 4.78 is 51.5. The van der Waals surface area contributed by atoms with E-state index < -0.39 is 30.3 Å². The number of halogens is 3. The largest absolute Gasteiger partial charge is 0.497 e. The molecule has 0 aromatic heterocycles. The van der Waals surface area contributed by atoms with E-state index >= 15 is 0 Å². The first-order valence-corrected chi connectivity index (χ1v) is 8.73. The molecule has 3 rings (SSSR count). The summed E-state index contributed by atoms with van der Waals surface area (Å²) in [6.07, 6.45) is -2.54. The Morgan fingerprint density at radius 3 is 2.56 bits per heavy atom. The number of nitrogens with zero attached hydrogens (tertiary/aromatic N) is 2. The van der Waals surface area contributed by atoms with Crippen LogP contribution in [0.2, 0.25) is 0 Å². The molecule has 6 nitrogen and oxygen atoms in total. The molecule has 2 aliphatic rings. The highest BCUT2D eigenvalue weighted by Crippen LogP contribution is 2.47. The van der Waals surface area contributed by atoms with E-state index in [2.05, 4.69) is 5.10 Å².